The van der Waals surface area contributed by atoms with Crippen LogP contribution < -0.4 is 10.5 Å². The number of esters is 1. The average Bonchev–Trinajstić information content (AvgIpc) is 2.46. The molecule has 20 heavy (non-hydrogen) atoms. The van der Waals surface area contributed by atoms with E-state index in [9.17, 15) is 4.79 Å². The predicted octanol–water partition coefficient (Wildman–Crippen LogP) is 3.64. The van der Waals surface area contributed by atoms with Crippen LogP contribution >= 0.6 is 0 Å². The Labute approximate surface area is 116 Å². The summed E-state index contributed by atoms with van der Waals surface area (Å²) >= 11 is 0. The molecule has 3 heteroatoms. The highest BCUT2D eigenvalue weighted by Crippen LogP contribution is 2.21. The van der Waals surface area contributed by atoms with E-state index < -0.39 is 0 Å². The van der Waals surface area contributed by atoms with E-state index in [-0.39, 0.29) is 5.97 Å². The molecule has 0 saturated heterocycles. The lowest BCUT2D eigenvalue weighted by atomic mass is 10.0. The summed E-state index contributed by atoms with van der Waals surface area (Å²) < 4.78 is 5.37. The number of benzene rings is 3. The smallest absolute Gasteiger partial charge is 0.344 e. The first-order valence-electron chi connectivity index (χ1n) is 6.29. The summed E-state index contributed by atoms with van der Waals surface area (Å²) in [4.78, 5) is 12.3. The molecule has 0 aliphatic heterocycles. The van der Waals surface area contributed by atoms with Gasteiger partial charge in [0.1, 0.15) is 5.75 Å². The van der Waals surface area contributed by atoms with Crippen LogP contribution in [0.3, 0.4) is 0 Å². The summed E-state index contributed by atoms with van der Waals surface area (Å²) in [5.41, 5.74) is 6.78. The maximum Gasteiger partial charge on any atom is 0.344 e. The quantitative estimate of drug-likeness (QED) is 0.436. The largest absolute Gasteiger partial charge is 0.423 e. The molecule has 0 bridgehead atoms. The van der Waals surface area contributed by atoms with Gasteiger partial charge < -0.3 is 10.5 Å². The number of ether oxygens (including phenoxy) is 1. The van der Waals surface area contributed by atoms with Gasteiger partial charge in [0.2, 0.25) is 0 Å². The van der Waals surface area contributed by atoms with Gasteiger partial charge in [-0.1, -0.05) is 42.5 Å². The predicted molar refractivity (Wildman–Crippen MR) is 79.8 cm³/mol. The van der Waals surface area contributed by atoms with Gasteiger partial charge in [-0.15, -0.1) is 0 Å². The van der Waals surface area contributed by atoms with Crippen molar-refractivity contribution in [1.82, 2.24) is 0 Å². The topological polar surface area (TPSA) is 52.3 Å². The Balaban J connectivity index is 1.97. The molecule has 0 amide bonds. The summed E-state index contributed by atoms with van der Waals surface area (Å²) in [5, 5.41) is 1.89. The van der Waals surface area contributed by atoms with Crippen molar-refractivity contribution in [2.75, 3.05) is 5.73 Å². The van der Waals surface area contributed by atoms with Crippen molar-refractivity contribution in [3.8, 4) is 5.75 Å². The maximum atomic E-state index is 12.3. The summed E-state index contributed by atoms with van der Waals surface area (Å²) in [6.07, 6.45) is 0. The van der Waals surface area contributed by atoms with Crippen molar-refractivity contribution in [3.05, 3.63) is 72.3 Å². The molecule has 0 saturated carbocycles. The third-order valence-corrected chi connectivity index (χ3v) is 3.08. The maximum absolute atomic E-state index is 12.3. The summed E-state index contributed by atoms with van der Waals surface area (Å²) in [6.45, 7) is 0. The molecule has 0 heterocycles. The Morgan fingerprint density at radius 3 is 2.50 bits per heavy atom. The first-order valence-corrected chi connectivity index (χ1v) is 6.29. The van der Waals surface area contributed by atoms with E-state index in [1.807, 2.05) is 36.4 Å². The van der Waals surface area contributed by atoms with E-state index >= 15 is 0 Å². The molecule has 3 aromatic rings. The molecule has 0 aromatic heterocycles. The fraction of sp³-hybridized carbons (Fsp3) is 0. The van der Waals surface area contributed by atoms with Gasteiger partial charge in [0.25, 0.3) is 0 Å². The zero-order valence-corrected chi connectivity index (χ0v) is 10.7. The zero-order chi connectivity index (χ0) is 13.9. The lowest BCUT2D eigenvalue weighted by Gasteiger charge is -2.07. The molecule has 3 rings (SSSR count). The minimum Gasteiger partial charge on any atom is -0.423 e. The van der Waals surface area contributed by atoms with Crippen molar-refractivity contribution in [2.45, 2.75) is 0 Å². The monoisotopic (exact) mass is 263 g/mol. The molecule has 3 aromatic carbocycles. The molecular formula is C17H13NO2. The number of hydrogen-bond acceptors (Lipinski definition) is 3. The van der Waals surface area contributed by atoms with Crippen LogP contribution in [0, 0.1) is 0 Å². The highest BCUT2D eigenvalue weighted by atomic mass is 16.5. The van der Waals surface area contributed by atoms with E-state index in [1.54, 1.807) is 30.3 Å². The van der Waals surface area contributed by atoms with Crippen molar-refractivity contribution < 1.29 is 9.53 Å². The second kappa shape index (κ2) is 5.05. The fourth-order valence-corrected chi connectivity index (χ4v) is 2.14. The van der Waals surface area contributed by atoms with E-state index in [2.05, 4.69) is 0 Å². The summed E-state index contributed by atoms with van der Waals surface area (Å²) in [5.74, 6) is 0.0651. The van der Waals surface area contributed by atoms with Crippen molar-refractivity contribution >= 4 is 22.4 Å². The molecular weight excluding hydrogens is 250 g/mol. The van der Waals surface area contributed by atoms with Gasteiger partial charge in [0.15, 0.2) is 0 Å². The molecule has 0 unspecified atom stereocenters. The Morgan fingerprint density at radius 1 is 0.900 bits per heavy atom. The number of carbonyl (C=O) groups is 1. The second-order valence-corrected chi connectivity index (χ2v) is 4.49. The second-order valence-electron chi connectivity index (χ2n) is 4.49. The number of nitrogen functional groups attached to an aromatic ring is 1. The van der Waals surface area contributed by atoms with Crippen LogP contribution in [0.1, 0.15) is 10.4 Å². The SMILES string of the molecule is Nc1cccc(OC(=O)c2cccc3ccccc23)c1. The number of fused-ring (bicyclic) bond motifs is 1. The van der Waals surface area contributed by atoms with Crippen molar-refractivity contribution in [3.63, 3.8) is 0 Å². The fourth-order valence-electron chi connectivity index (χ4n) is 2.14. The molecule has 0 atom stereocenters. The van der Waals surface area contributed by atoms with Gasteiger partial charge in [0, 0.05) is 11.8 Å². The van der Waals surface area contributed by atoms with Crippen LogP contribution in [0.15, 0.2) is 66.7 Å². The molecule has 0 aliphatic carbocycles. The number of rotatable bonds is 2. The van der Waals surface area contributed by atoms with Gasteiger partial charge in [0.05, 0.1) is 5.56 Å². The third-order valence-electron chi connectivity index (χ3n) is 3.08. The van der Waals surface area contributed by atoms with Crippen LogP contribution in [-0.2, 0) is 0 Å². The highest BCUT2D eigenvalue weighted by molar-refractivity contribution is 6.05. The van der Waals surface area contributed by atoms with Gasteiger partial charge >= 0.3 is 5.97 Å². The highest BCUT2D eigenvalue weighted by Gasteiger charge is 2.12. The minimum atomic E-state index is -0.382. The lowest BCUT2D eigenvalue weighted by molar-refractivity contribution is 0.0737. The minimum absolute atomic E-state index is 0.382. The van der Waals surface area contributed by atoms with E-state index in [0.717, 1.165) is 10.8 Å². The third kappa shape index (κ3) is 2.34. The van der Waals surface area contributed by atoms with E-state index in [4.69, 9.17) is 10.5 Å². The Morgan fingerprint density at radius 2 is 1.65 bits per heavy atom. The van der Waals surface area contributed by atoms with Crippen LogP contribution in [0.2, 0.25) is 0 Å². The van der Waals surface area contributed by atoms with E-state index in [0.29, 0.717) is 17.0 Å². The van der Waals surface area contributed by atoms with Crippen molar-refractivity contribution in [1.29, 1.82) is 0 Å². The number of carbonyl (C=O) groups excluding carboxylic acids is 1. The number of anilines is 1. The van der Waals surface area contributed by atoms with Crippen molar-refractivity contribution in [2.24, 2.45) is 0 Å². The van der Waals surface area contributed by atoms with Gasteiger partial charge in [-0.2, -0.15) is 0 Å². The number of nitrogens with two attached hydrogens (primary N) is 1. The molecule has 2 N–H and O–H groups in total. The molecule has 0 fully saturated rings. The molecule has 0 spiro atoms. The number of hydrogen-bond donors (Lipinski definition) is 1. The first kappa shape index (κ1) is 12.2. The van der Waals surface area contributed by atoms with Crippen LogP contribution in [0.4, 0.5) is 5.69 Å². The van der Waals surface area contributed by atoms with Gasteiger partial charge in [-0.3, -0.25) is 0 Å². The van der Waals surface area contributed by atoms with Crippen LogP contribution in [-0.4, -0.2) is 5.97 Å². The molecule has 0 radical (unpaired) electrons. The molecule has 3 nitrogen and oxygen atoms in total. The Kier molecular flexibility index (Phi) is 3.09. The lowest BCUT2D eigenvalue weighted by Crippen LogP contribution is -2.09. The van der Waals surface area contributed by atoms with Gasteiger partial charge in [-0.25, -0.2) is 4.79 Å². The van der Waals surface area contributed by atoms with Gasteiger partial charge in [-0.05, 0) is 29.0 Å². The Bertz CT molecular complexity index is 775. The summed E-state index contributed by atoms with van der Waals surface area (Å²) in [6, 6.07) is 20.1. The Hall–Kier alpha value is -2.81. The molecule has 0 aliphatic rings. The standard InChI is InChI=1S/C17H13NO2/c18-13-7-4-8-14(11-13)20-17(19)16-10-3-6-12-5-1-2-9-15(12)16/h1-11H,18H2. The average molecular weight is 263 g/mol. The zero-order valence-electron chi connectivity index (χ0n) is 10.7. The molecule has 98 valence electrons. The van der Waals surface area contributed by atoms with E-state index in [1.165, 1.54) is 0 Å². The first-order chi connectivity index (χ1) is 9.74. The normalized spacial score (nSPS) is 10.4. The summed E-state index contributed by atoms with van der Waals surface area (Å²) in [7, 11) is 0. The van der Waals surface area contributed by atoms with Crippen LogP contribution in [0.25, 0.3) is 10.8 Å². The van der Waals surface area contributed by atoms with Crippen LogP contribution in [0.5, 0.6) is 5.75 Å².